The lowest BCUT2D eigenvalue weighted by Gasteiger charge is -2.55. The number of aldehydes is 2. The molecule has 2 saturated carbocycles. The summed E-state index contributed by atoms with van der Waals surface area (Å²) in [7, 11) is 0. The zero-order valence-corrected chi connectivity index (χ0v) is 22.1. The van der Waals surface area contributed by atoms with E-state index in [4.69, 9.17) is 0 Å². The predicted octanol–water partition coefficient (Wildman–Crippen LogP) is 7.97. The van der Waals surface area contributed by atoms with Crippen LogP contribution in [0.2, 0.25) is 0 Å². The SMILES string of the molecule is CC1C(C=O)=CCC2C(C)(C)CCCC12C.CC1C(C=O)=CCC2C(C)(C)CCCC12C. The van der Waals surface area contributed by atoms with Crippen LogP contribution in [0, 0.1) is 45.3 Å². The van der Waals surface area contributed by atoms with E-state index in [0.717, 1.165) is 48.4 Å². The Morgan fingerprint density at radius 3 is 1.31 bits per heavy atom. The summed E-state index contributed by atoms with van der Waals surface area (Å²) in [4.78, 5) is 22.2. The van der Waals surface area contributed by atoms with E-state index >= 15 is 0 Å². The van der Waals surface area contributed by atoms with Gasteiger partial charge in [0, 0.05) is 0 Å². The molecular formula is C30H48O2. The van der Waals surface area contributed by atoms with Crippen LogP contribution in [0.15, 0.2) is 23.3 Å². The van der Waals surface area contributed by atoms with Crippen LogP contribution < -0.4 is 0 Å². The van der Waals surface area contributed by atoms with Gasteiger partial charge in [-0.3, -0.25) is 9.59 Å². The highest BCUT2D eigenvalue weighted by atomic mass is 16.1. The highest BCUT2D eigenvalue weighted by molar-refractivity contribution is 5.75. The summed E-state index contributed by atoms with van der Waals surface area (Å²) in [6, 6.07) is 0. The number of hydrogen-bond acceptors (Lipinski definition) is 2. The van der Waals surface area contributed by atoms with Gasteiger partial charge >= 0.3 is 0 Å². The topological polar surface area (TPSA) is 34.1 Å². The van der Waals surface area contributed by atoms with Gasteiger partial charge in [-0.15, -0.1) is 0 Å². The maximum absolute atomic E-state index is 11.1. The van der Waals surface area contributed by atoms with Crippen LogP contribution in [-0.2, 0) is 9.59 Å². The second kappa shape index (κ2) is 8.88. The summed E-state index contributed by atoms with van der Waals surface area (Å²) >= 11 is 0. The number of carbonyl (C=O) groups is 2. The van der Waals surface area contributed by atoms with Crippen LogP contribution in [0.1, 0.15) is 107 Å². The lowest BCUT2D eigenvalue weighted by atomic mass is 9.49. The highest BCUT2D eigenvalue weighted by Crippen LogP contribution is 2.60. The average Bonchev–Trinajstić information content (AvgIpc) is 2.71. The van der Waals surface area contributed by atoms with Crippen LogP contribution in [0.25, 0.3) is 0 Å². The van der Waals surface area contributed by atoms with Gasteiger partial charge in [-0.25, -0.2) is 0 Å². The van der Waals surface area contributed by atoms with E-state index in [2.05, 4.69) is 67.5 Å². The summed E-state index contributed by atoms with van der Waals surface area (Å²) < 4.78 is 0. The number of allylic oxidation sites excluding steroid dienone is 4. The monoisotopic (exact) mass is 440 g/mol. The first kappa shape index (κ1) is 25.4. The first-order chi connectivity index (χ1) is 14.8. The Labute approximate surface area is 197 Å². The Balaban J connectivity index is 0.000000181. The van der Waals surface area contributed by atoms with Crippen LogP contribution in [0.3, 0.4) is 0 Å². The molecule has 0 aromatic rings. The summed E-state index contributed by atoms with van der Waals surface area (Å²) in [5, 5.41) is 0. The minimum atomic E-state index is 0.340. The molecule has 0 aliphatic heterocycles. The number of rotatable bonds is 2. The Morgan fingerprint density at radius 1 is 0.656 bits per heavy atom. The van der Waals surface area contributed by atoms with Gasteiger partial charge in [-0.2, -0.15) is 0 Å². The number of carbonyl (C=O) groups excluding carboxylic acids is 2. The molecule has 0 aromatic heterocycles. The largest absolute Gasteiger partial charge is 0.298 e. The number of hydrogen-bond donors (Lipinski definition) is 0. The Hall–Kier alpha value is -1.18. The fraction of sp³-hybridized carbons (Fsp3) is 0.800. The smallest absolute Gasteiger partial charge is 0.145 e. The van der Waals surface area contributed by atoms with E-state index in [1.54, 1.807) is 0 Å². The quantitative estimate of drug-likeness (QED) is 0.408. The van der Waals surface area contributed by atoms with E-state index in [-0.39, 0.29) is 0 Å². The molecule has 0 radical (unpaired) electrons. The molecule has 2 fully saturated rings. The molecule has 0 N–H and O–H groups in total. The van der Waals surface area contributed by atoms with Crippen molar-refractivity contribution in [3.05, 3.63) is 23.3 Å². The lowest BCUT2D eigenvalue weighted by Crippen LogP contribution is -2.48. The fourth-order valence-corrected chi connectivity index (χ4v) is 8.47. The molecule has 4 aliphatic carbocycles. The molecule has 0 spiro atoms. The van der Waals surface area contributed by atoms with Crippen molar-refractivity contribution in [1.82, 2.24) is 0 Å². The Kier molecular flexibility index (Phi) is 7.06. The van der Waals surface area contributed by atoms with Crippen molar-refractivity contribution in [1.29, 1.82) is 0 Å². The van der Waals surface area contributed by atoms with Crippen molar-refractivity contribution in [3.8, 4) is 0 Å². The first-order valence-corrected chi connectivity index (χ1v) is 13.1. The summed E-state index contributed by atoms with van der Waals surface area (Å²) in [6.45, 7) is 18.9. The normalized spacial score (nSPS) is 42.1. The molecule has 0 aromatic carbocycles. The minimum Gasteiger partial charge on any atom is -0.298 e. The van der Waals surface area contributed by atoms with Gasteiger partial charge < -0.3 is 0 Å². The molecule has 32 heavy (non-hydrogen) atoms. The van der Waals surface area contributed by atoms with Gasteiger partial charge in [-0.1, -0.05) is 80.4 Å². The second-order valence-electron chi connectivity index (χ2n) is 13.4. The van der Waals surface area contributed by atoms with Crippen LogP contribution >= 0.6 is 0 Å². The summed E-state index contributed by atoms with van der Waals surface area (Å²) in [5.41, 5.74) is 3.63. The molecule has 2 heteroatoms. The first-order valence-electron chi connectivity index (χ1n) is 13.1. The van der Waals surface area contributed by atoms with Gasteiger partial charge in [0.1, 0.15) is 12.6 Å². The summed E-state index contributed by atoms with van der Waals surface area (Å²) in [6.07, 6.45) is 16.6. The molecular weight excluding hydrogens is 392 g/mol. The molecule has 0 saturated heterocycles. The van der Waals surface area contributed by atoms with Gasteiger partial charge in [0.25, 0.3) is 0 Å². The van der Waals surface area contributed by atoms with Crippen LogP contribution in [0.5, 0.6) is 0 Å². The molecule has 4 aliphatic rings. The third-order valence-electron chi connectivity index (χ3n) is 11.0. The maximum Gasteiger partial charge on any atom is 0.145 e. The van der Waals surface area contributed by atoms with Gasteiger partial charge in [-0.05, 0) is 95.0 Å². The standard InChI is InChI=1S/2C15H24O/c2*1-11-12(10-16)6-7-13-14(2,3)8-5-9-15(11,13)4/h2*6,10-11,13H,5,7-9H2,1-4H3. The van der Waals surface area contributed by atoms with Crippen molar-refractivity contribution in [3.63, 3.8) is 0 Å². The third kappa shape index (κ3) is 4.21. The van der Waals surface area contributed by atoms with E-state index in [9.17, 15) is 9.59 Å². The second-order valence-corrected chi connectivity index (χ2v) is 13.4. The zero-order valence-electron chi connectivity index (χ0n) is 22.1. The minimum absolute atomic E-state index is 0.340. The Morgan fingerprint density at radius 2 is 1.00 bits per heavy atom. The highest BCUT2D eigenvalue weighted by Gasteiger charge is 2.52. The molecule has 2 nitrogen and oxygen atoms in total. The van der Waals surface area contributed by atoms with E-state index in [0.29, 0.717) is 33.5 Å². The van der Waals surface area contributed by atoms with Gasteiger partial charge in [0.05, 0.1) is 0 Å². The van der Waals surface area contributed by atoms with Crippen LogP contribution in [0.4, 0.5) is 0 Å². The van der Waals surface area contributed by atoms with Gasteiger partial charge in [0.15, 0.2) is 0 Å². The molecule has 6 atom stereocenters. The van der Waals surface area contributed by atoms with Crippen molar-refractivity contribution in [2.45, 2.75) is 107 Å². The third-order valence-corrected chi connectivity index (χ3v) is 11.0. The van der Waals surface area contributed by atoms with E-state index in [1.807, 2.05) is 0 Å². The average molecular weight is 441 g/mol. The summed E-state index contributed by atoms with van der Waals surface area (Å²) in [5.74, 6) is 2.35. The maximum atomic E-state index is 11.1. The lowest BCUT2D eigenvalue weighted by molar-refractivity contribution is -0.108. The van der Waals surface area contributed by atoms with Crippen molar-refractivity contribution in [2.24, 2.45) is 45.3 Å². The van der Waals surface area contributed by atoms with Crippen molar-refractivity contribution in [2.75, 3.05) is 0 Å². The fourth-order valence-electron chi connectivity index (χ4n) is 8.47. The molecule has 0 heterocycles. The van der Waals surface area contributed by atoms with E-state index in [1.165, 1.54) is 38.5 Å². The predicted molar refractivity (Wildman–Crippen MR) is 134 cm³/mol. The molecule has 180 valence electrons. The Bertz CT molecular complexity index is 719. The van der Waals surface area contributed by atoms with Crippen LogP contribution in [-0.4, -0.2) is 12.6 Å². The van der Waals surface area contributed by atoms with Crippen molar-refractivity contribution < 1.29 is 9.59 Å². The zero-order chi connectivity index (χ0) is 23.9. The van der Waals surface area contributed by atoms with Crippen molar-refractivity contribution >= 4 is 12.6 Å². The molecule has 0 bridgehead atoms. The van der Waals surface area contributed by atoms with Gasteiger partial charge in [0.2, 0.25) is 0 Å². The molecule has 0 amide bonds. The van der Waals surface area contributed by atoms with E-state index < -0.39 is 0 Å². The molecule has 6 unspecified atom stereocenters. The molecule has 4 rings (SSSR count). The number of fused-ring (bicyclic) bond motifs is 2.